The molecular weight excluding hydrogens is 333 g/mol. The van der Waals surface area contributed by atoms with Crippen molar-refractivity contribution in [1.82, 2.24) is 0 Å². The van der Waals surface area contributed by atoms with Gasteiger partial charge in [0, 0.05) is 6.21 Å². The van der Waals surface area contributed by atoms with Crippen molar-refractivity contribution >= 4 is 35.1 Å². The maximum atomic E-state index is 6.33. The van der Waals surface area contributed by atoms with Crippen LogP contribution in [-0.4, -0.2) is 19.4 Å². The smallest absolute Gasteiger partial charge is 0.180 e. The molecular formula is C18H19Cl2NO2. The van der Waals surface area contributed by atoms with Crippen molar-refractivity contribution in [3.05, 3.63) is 52.0 Å². The Morgan fingerprint density at radius 1 is 1.17 bits per heavy atom. The van der Waals surface area contributed by atoms with E-state index in [0.29, 0.717) is 27.2 Å². The Morgan fingerprint density at radius 3 is 2.57 bits per heavy atom. The number of nitrogens with zero attached hydrogens (tertiary/aromatic N) is 1. The van der Waals surface area contributed by atoms with E-state index in [2.05, 4.69) is 11.9 Å². The number of hydrogen-bond acceptors (Lipinski definition) is 3. The lowest BCUT2D eigenvalue weighted by Gasteiger charge is -2.17. The first kappa shape index (κ1) is 17.6. The SMILES string of the molecule is CC[C@H](C)Oc1c(Cl)cc(C=Nc2ccccc2Cl)cc1OC. The fraction of sp³-hybridized carbons (Fsp3) is 0.278. The summed E-state index contributed by atoms with van der Waals surface area (Å²) in [7, 11) is 1.59. The molecule has 0 amide bonds. The molecule has 1 atom stereocenters. The highest BCUT2D eigenvalue weighted by Crippen LogP contribution is 2.37. The molecule has 0 aliphatic rings. The van der Waals surface area contributed by atoms with E-state index in [9.17, 15) is 0 Å². The highest BCUT2D eigenvalue weighted by Gasteiger charge is 2.14. The highest BCUT2D eigenvalue weighted by atomic mass is 35.5. The minimum absolute atomic E-state index is 0.0593. The van der Waals surface area contributed by atoms with Gasteiger partial charge in [0.1, 0.15) is 0 Å². The molecule has 23 heavy (non-hydrogen) atoms. The van der Waals surface area contributed by atoms with Gasteiger partial charge in [-0.15, -0.1) is 0 Å². The molecule has 0 fully saturated rings. The maximum Gasteiger partial charge on any atom is 0.180 e. The lowest BCUT2D eigenvalue weighted by molar-refractivity contribution is 0.208. The molecule has 3 nitrogen and oxygen atoms in total. The Kier molecular flexibility index (Phi) is 6.31. The van der Waals surface area contributed by atoms with Gasteiger partial charge in [-0.05, 0) is 43.2 Å². The van der Waals surface area contributed by atoms with Crippen LogP contribution in [0.15, 0.2) is 41.4 Å². The standard InChI is InChI=1S/C18H19Cl2NO2/c1-4-12(2)23-18-15(20)9-13(10-17(18)22-3)11-21-16-8-6-5-7-14(16)19/h5-12H,4H2,1-3H3/t12-/m0/s1. The second-order valence-electron chi connectivity index (χ2n) is 5.08. The predicted molar refractivity (Wildman–Crippen MR) is 97.1 cm³/mol. The molecule has 0 heterocycles. The minimum atomic E-state index is 0.0593. The monoisotopic (exact) mass is 351 g/mol. The van der Waals surface area contributed by atoms with Crippen LogP contribution in [0.5, 0.6) is 11.5 Å². The van der Waals surface area contributed by atoms with Gasteiger partial charge in [-0.1, -0.05) is 42.3 Å². The Hall–Kier alpha value is -1.71. The van der Waals surface area contributed by atoms with Crippen molar-refractivity contribution in [1.29, 1.82) is 0 Å². The summed E-state index contributed by atoms with van der Waals surface area (Å²) >= 11 is 12.4. The van der Waals surface area contributed by atoms with Gasteiger partial charge in [0.25, 0.3) is 0 Å². The first-order valence-electron chi connectivity index (χ1n) is 7.38. The fourth-order valence-corrected chi connectivity index (χ4v) is 2.36. The summed E-state index contributed by atoms with van der Waals surface area (Å²) < 4.78 is 11.2. The number of halogens is 2. The van der Waals surface area contributed by atoms with Crippen LogP contribution in [0.4, 0.5) is 5.69 Å². The van der Waals surface area contributed by atoms with Crippen molar-refractivity contribution in [2.45, 2.75) is 26.4 Å². The lowest BCUT2D eigenvalue weighted by atomic mass is 10.2. The first-order chi connectivity index (χ1) is 11.0. The van der Waals surface area contributed by atoms with Gasteiger partial charge in [0.2, 0.25) is 0 Å². The fourth-order valence-electron chi connectivity index (χ4n) is 1.91. The van der Waals surface area contributed by atoms with Gasteiger partial charge >= 0.3 is 0 Å². The Labute approximate surface area is 146 Å². The second kappa shape index (κ2) is 8.23. The molecule has 0 aliphatic carbocycles. The Balaban J connectivity index is 2.31. The number of methoxy groups -OCH3 is 1. The summed E-state index contributed by atoms with van der Waals surface area (Å²) in [5.41, 5.74) is 1.51. The van der Waals surface area contributed by atoms with Crippen molar-refractivity contribution in [2.24, 2.45) is 4.99 Å². The summed E-state index contributed by atoms with van der Waals surface area (Å²) in [5, 5.41) is 1.09. The van der Waals surface area contributed by atoms with Crippen LogP contribution >= 0.6 is 23.2 Å². The van der Waals surface area contributed by atoms with E-state index in [1.807, 2.05) is 31.2 Å². The van der Waals surface area contributed by atoms with Gasteiger partial charge in [0.05, 0.1) is 28.9 Å². The zero-order valence-corrected chi connectivity index (χ0v) is 14.9. The molecule has 5 heteroatoms. The van der Waals surface area contributed by atoms with E-state index in [-0.39, 0.29) is 6.10 Å². The highest BCUT2D eigenvalue weighted by molar-refractivity contribution is 6.33. The Bertz CT molecular complexity index is 701. The average Bonchev–Trinajstić information content (AvgIpc) is 2.55. The minimum Gasteiger partial charge on any atom is -0.493 e. The normalized spacial score (nSPS) is 12.4. The summed E-state index contributed by atoms with van der Waals surface area (Å²) in [6, 6.07) is 11.0. The summed E-state index contributed by atoms with van der Waals surface area (Å²) in [4.78, 5) is 4.39. The van der Waals surface area contributed by atoms with E-state index >= 15 is 0 Å². The summed E-state index contributed by atoms with van der Waals surface area (Å²) in [5.74, 6) is 1.14. The van der Waals surface area contributed by atoms with Crippen LogP contribution in [0.2, 0.25) is 10.0 Å². The van der Waals surface area contributed by atoms with Crippen LogP contribution in [0.1, 0.15) is 25.8 Å². The molecule has 0 spiro atoms. The zero-order chi connectivity index (χ0) is 16.8. The van der Waals surface area contributed by atoms with Crippen LogP contribution in [0, 0.1) is 0 Å². The number of ether oxygens (including phenoxy) is 2. The van der Waals surface area contributed by atoms with E-state index in [0.717, 1.165) is 12.0 Å². The van der Waals surface area contributed by atoms with Gasteiger partial charge < -0.3 is 9.47 Å². The van der Waals surface area contributed by atoms with Crippen LogP contribution in [-0.2, 0) is 0 Å². The quantitative estimate of drug-likeness (QED) is 0.603. The van der Waals surface area contributed by atoms with Crippen molar-refractivity contribution < 1.29 is 9.47 Å². The Morgan fingerprint density at radius 2 is 1.91 bits per heavy atom. The molecule has 0 N–H and O–H groups in total. The van der Waals surface area contributed by atoms with E-state index in [4.69, 9.17) is 32.7 Å². The van der Waals surface area contributed by atoms with Gasteiger partial charge in [-0.3, -0.25) is 4.99 Å². The van der Waals surface area contributed by atoms with Crippen LogP contribution < -0.4 is 9.47 Å². The molecule has 122 valence electrons. The average molecular weight is 352 g/mol. The molecule has 0 saturated carbocycles. The van der Waals surface area contributed by atoms with E-state index in [1.54, 1.807) is 25.5 Å². The third-order valence-corrected chi connectivity index (χ3v) is 3.95. The third kappa shape index (κ3) is 4.63. The molecule has 0 aliphatic heterocycles. The first-order valence-corrected chi connectivity index (χ1v) is 8.13. The van der Waals surface area contributed by atoms with Crippen molar-refractivity contribution in [3.63, 3.8) is 0 Å². The zero-order valence-electron chi connectivity index (χ0n) is 13.3. The van der Waals surface area contributed by atoms with Crippen molar-refractivity contribution in [3.8, 4) is 11.5 Å². The van der Waals surface area contributed by atoms with Crippen molar-refractivity contribution in [2.75, 3.05) is 7.11 Å². The maximum absolute atomic E-state index is 6.33. The molecule has 2 aromatic carbocycles. The molecule has 0 saturated heterocycles. The number of aliphatic imine (C=N–C) groups is 1. The molecule has 0 unspecified atom stereocenters. The number of benzene rings is 2. The second-order valence-corrected chi connectivity index (χ2v) is 5.89. The van der Waals surface area contributed by atoms with Crippen LogP contribution in [0.25, 0.3) is 0 Å². The molecule has 0 aromatic heterocycles. The summed E-state index contributed by atoms with van der Waals surface area (Å²) in [6.45, 7) is 4.04. The third-order valence-electron chi connectivity index (χ3n) is 3.35. The van der Waals surface area contributed by atoms with Gasteiger partial charge in [-0.25, -0.2) is 0 Å². The van der Waals surface area contributed by atoms with Crippen LogP contribution in [0.3, 0.4) is 0 Å². The van der Waals surface area contributed by atoms with E-state index < -0.39 is 0 Å². The molecule has 0 bridgehead atoms. The lowest BCUT2D eigenvalue weighted by Crippen LogP contribution is -2.11. The van der Waals surface area contributed by atoms with Gasteiger partial charge in [-0.2, -0.15) is 0 Å². The topological polar surface area (TPSA) is 30.8 Å². The number of rotatable bonds is 6. The molecule has 2 rings (SSSR count). The van der Waals surface area contributed by atoms with Gasteiger partial charge in [0.15, 0.2) is 11.5 Å². The number of para-hydroxylation sites is 1. The van der Waals surface area contributed by atoms with E-state index in [1.165, 1.54) is 0 Å². The summed E-state index contributed by atoms with van der Waals surface area (Å²) in [6.07, 6.45) is 2.64. The number of hydrogen-bond donors (Lipinski definition) is 0. The molecule has 2 aromatic rings. The molecule has 0 radical (unpaired) electrons. The largest absolute Gasteiger partial charge is 0.493 e. The predicted octanol–water partition coefficient (Wildman–Crippen LogP) is 5.93.